The summed E-state index contributed by atoms with van der Waals surface area (Å²) in [6.45, 7) is 0.588. The van der Waals surface area contributed by atoms with Crippen LogP contribution >= 0.6 is 11.3 Å². The molecule has 7 heteroatoms. The van der Waals surface area contributed by atoms with Crippen molar-refractivity contribution in [2.45, 2.75) is 18.9 Å². The molecule has 0 unspecified atom stereocenters. The summed E-state index contributed by atoms with van der Waals surface area (Å²) in [7, 11) is 1.30. The van der Waals surface area contributed by atoms with Gasteiger partial charge in [-0.3, -0.25) is 0 Å². The van der Waals surface area contributed by atoms with Crippen molar-refractivity contribution in [1.82, 2.24) is 4.90 Å². The summed E-state index contributed by atoms with van der Waals surface area (Å²) in [5.74, 6) is -0.797. The second kappa shape index (κ2) is 7.00. The number of ether oxygens (including phenoxy) is 1. The van der Waals surface area contributed by atoms with Crippen LogP contribution in [0.2, 0.25) is 0 Å². The molecule has 0 radical (unpaired) electrons. The molecular weight excluding hydrogens is 331 g/mol. The van der Waals surface area contributed by atoms with Crippen molar-refractivity contribution in [1.29, 1.82) is 0 Å². The third kappa shape index (κ3) is 3.26. The molecule has 1 fully saturated rings. The van der Waals surface area contributed by atoms with Crippen LogP contribution in [-0.2, 0) is 4.74 Å². The number of carbonyl (C=O) groups excluding carboxylic acids is 2. The van der Waals surface area contributed by atoms with Crippen molar-refractivity contribution in [3.05, 3.63) is 52.0 Å². The number of hydrogen-bond donors (Lipinski definition) is 1. The fraction of sp³-hybridized carbons (Fsp3) is 0.294. The Morgan fingerprint density at radius 1 is 1.38 bits per heavy atom. The second-order valence-electron chi connectivity index (χ2n) is 5.49. The first kappa shape index (κ1) is 16.4. The van der Waals surface area contributed by atoms with E-state index >= 15 is 0 Å². The number of nitrogens with zero attached hydrogens (tertiary/aromatic N) is 1. The average molecular weight is 348 g/mol. The van der Waals surface area contributed by atoms with Crippen molar-refractivity contribution in [3.63, 3.8) is 0 Å². The van der Waals surface area contributed by atoms with Crippen molar-refractivity contribution >= 4 is 29.0 Å². The molecular formula is C17H17FN2O3S. The van der Waals surface area contributed by atoms with Crippen molar-refractivity contribution in [2.24, 2.45) is 0 Å². The van der Waals surface area contributed by atoms with Crippen molar-refractivity contribution in [3.8, 4) is 0 Å². The standard InChI is InChI=1S/C17H17FN2O3S/c1-23-16(21)15-13(7-9-24-15)19-17(22)20-8-3-6-14(20)11-4-2-5-12(18)10-11/h2,4-5,7,9-10,14H,3,6,8H2,1H3,(H,19,22)/t14-/m1/s1. The highest BCUT2D eigenvalue weighted by atomic mass is 32.1. The number of likely N-dealkylation sites (tertiary alicyclic amines) is 1. The monoisotopic (exact) mass is 348 g/mol. The molecule has 0 spiro atoms. The van der Waals surface area contributed by atoms with Gasteiger partial charge in [0, 0.05) is 6.54 Å². The Hall–Kier alpha value is -2.41. The molecule has 0 saturated carbocycles. The van der Waals surface area contributed by atoms with Gasteiger partial charge in [0.1, 0.15) is 10.7 Å². The van der Waals surface area contributed by atoms with E-state index in [1.807, 2.05) is 6.07 Å². The van der Waals surface area contributed by atoms with Gasteiger partial charge in [-0.25, -0.2) is 14.0 Å². The van der Waals surface area contributed by atoms with Crippen molar-refractivity contribution in [2.75, 3.05) is 19.0 Å². The molecule has 1 aromatic carbocycles. The SMILES string of the molecule is COC(=O)c1sccc1NC(=O)N1CCC[C@@H]1c1cccc(F)c1. The van der Waals surface area contributed by atoms with E-state index in [1.165, 1.54) is 30.6 Å². The summed E-state index contributed by atoms with van der Waals surface area (Å²) < 4.78 is 18.2. The topological polar surface area (TPSA) is 58.6 Å². The van der Waals surface area contributed by atoms with E-state index in [0.717, 1.165) is 18.4 Å². The number of esters is 1. The molecule has 0 bridgehead atoms. The van der Waals surface area contributed by atoms with Crippen LogP contribution in [0.4, 0.5) is 14.9 Å². The lowest BCUT2D eigenvalue weighted by Gasteiger charge is -2.25. The van der Waals surface area contributed by atoms with Crippen LogP contribution in [-0.4, -0.2) is 30.6 Å². The molecule has 1 saturated heterocycles. The van der Waals surface area contributed by atoms with Crippen LogP contribution in [0, 0.1) is 5.82 Å². The lowest BCUT2D eigenvalue weighted by Crippen LogP contribution is -2.34. The molecule has 2 amide bonds. The number of hydrogen-bond acceptors (Lipinski definition) is 4. The molecule has 126 valence electrons. The number of amides is 2. The van der Waals surface area contributed by atoms with Crippen molar-refractivity contribution < 1.29 is 18.7 Å². The van der Waals surface area contributed by atoms with Gasteiger partial charge in [0.15, 0.2) is 0 Å². The van der Waals surface area contributed by atoms with Crippen LogP contribution in [0.15, 0.2) is 35.7 Å². The van der Waals surface area contributed by atoms with Gasteiger partial charge in [0.05, 0.1) is 18.8 Å². The van der Waals surface area contributed by atoms with E-state index in [-0.39, 0.29) is 17.9 Å². The molecule has 1 atom stereocenters. The fourth-order valence-electron chi connectivity index (χ4n) is 2.92. The Kier molecular flexibility index (Phi) is 4.80. The minimum atomic E-state index is -0.483. The molecule has 1 aliphatic rings. The van der Waals surface area contributed by atoms with E-state index in [2.05, 4.69) is 5.32 Å². The summed E-state index contributed by atoms with van der Waals surface area (Å²) in [5.41, 5.74) is 1.21. The number of urea groups is 1. The minimum Gasteiger partial charge on any atom is -0.465 e. The third-order valence-electron chi connectivity index (χ3n) is 4.02. The first-order valence-electron chi connectivity index (χ1n) is 7.59. The Balaban J connectivity index is 1.77. The predicted molar refractivity (Wildman–Crippen MR) is 89.8 cm³/mol. The lowest BCUT2D eigenvalue weighted by molar-refractivity contribution is 0.0607. The first-order valence-corrected chi connectivity index (χ1v) is 8.47. The van der Waals surface area contributed by atoms with E-state index in [0.29, 0.717) is 17.1 Å². The van der Waals surface area contributed by atoms with E-state index in [4.69, 9.17) is 4.74 Å². The zero-order chi connectivity index (χ0) is 17.1. The Morgan fingerprint density at radius 2 is 2.21 bits per heavy atom. The molecule has 3 rings (SSSR count). The summed E-state index contributed by atoms with van der Waals surface area (Å²) in [5, 5.41) is 4.48. The number of methoxy groups -OCH3 is 1. The highest BCUT2D eigenvalue weighted by Crippen LogP contribution is 2.33. The maximum absolute atomic E-state index is 13.5. The summed E-state index contributed by atoms with van der Waals surface area (Å²) in [6, 6.07) is 7.52. The van der Waals surface area contributed by atoms with Gasteiger partial charge in [-0.2, -0.15) is 0 Å². The molecule has 24 heavy (non-hydrogen) atoms. The van der Waals surface area contributed by atoms with E-state index < -0.39 is 5.97 Å². The Bertz CT molecular complexity index is 762. The van der Waals surface area contributed by atoms with Gasteiger partial charge in [-0.05, 0) is 42.0 Å². The first-order chi connectivity index (χ1) is 11.6. The zero-order valence-electron chi connectivity index (χ0n) is 13.1. The van der Waals surface area contributed by atoms with Gasteiger partial charge in [0.25, 0.3) is 0 Å². The number of rotatable bonds is 3. The van der Waals surface area contributed by atoms with Gasteiger partial charge in [-0.15, -0.1) is 11.3 Å². The van der Waals surface area contributed by atoms with E-state index in [1.54, 1.807) is 22.4 Å². The quantitative estimate of drug-likeness (QED) is 0.852. The largest absolute Gasteiger partial charge is 0.465 e. The lowest BCUT2D eigenvalue weighted by atomic mass is 10.0. The van der Waals surface area contributed by atoms with Crippen LogP contribution in [0.1, 0.15) is 34.1 Å². The molecule has 1 aliphatic heterocycles. The van der Waals surface area contributed by atoms with Gasteiger partial charge < -0.3 is 15.0 Å². The zero-order valence-corrected chi connectivity index (χ0v) is 13.9. The average Bonchev–Trinajstić information content (AvgIpc) is 3.23. The molecule has 2 aromatic rings. The van der Waals surface area contributed by atoms with Crippen LogP contribution in [0.3, 0.4) is 0 Å². The summed E-state index contributed by atoms with van der Waals surface area (Å²) in [6.07, 6.45) is 1.63. The second-order valence-corrected chi connectivity index (χ2v) is 6.41. The highest BCUT2D eigenvalue weighted by molar-refractivity contribution is 7.12. The highest BCUT2D eigenvalue weighted by Gasteiger charge is 2.31. The minimum absolute atomic E-state index is 0.166. The number of halogens is 1. The number of anilines is 1. The fourth-order valence-corrected chi connectivity index (χ4v) is 3.68. The van der Waals surface area contributed by atoms with Crippen LogP contribution < -0.4 is 5.32 Å². The normalized spacial score (nSPS) is 16.9. The molecule has 0 aliphatic carbocycles. The molecule has 2 heterocycles. The molecule has 1 N–H and O–H groups in total. The molecule has 1 aromatic heterocycles. The van der Waals surface area contributed by atoms with Gasteiger partial charge in [-0.1, -0.05) is 12.1 Å². The molecule has 5 nitrogen and oxygen atoms in total. The van der Waals surface area contributed by atoms with Crippen LogP contribution in [0.25, 0.3) is 0 Å². The third-order valence-corrected chi connectivity index (χ3v) is 4.92. The number of nitrogens with one attached hydrogen (secondary N) is 1. The Labute approximate surface area is 143 Å². The van der Waals surface area contributed by atoms with Gasteiger partial charge >= 0.3 is 12.0 Å². The van der Waals surface area contributed by atoms with E-state index in [9.17, 15) is 14.0 Å². The number of benzene rings is 1. The van der Waals surface area contributed by atoms with Gasteiger partial charge in [0.2, 0.25) is 0 Å². The maximum Gasteiger partial charge on any atom is 0.350 e. The summed E-state index contributed by atoms with van der Waals surface area (Å²) in [4.78, 5) is 26.3. The smallest absolute Gasteiger partial charge is 0.350 e. The predicted octanol–water partition coefficient (Wildman–Crippen LogP) is 4.04. The summed E-state index contributed by atoms with van der Waals surface area (Å²) >= 11 is 1.21. The Morgan fingerprint density at radius 3 is 2.96 bits per heavy atom. The van der Waals surface area contributed by atoms with Crippen LogP contribution in [0.5, 0.6) is 0 Å². The number of carbonyl (C=O) groups is 2. The number of thiophene rings is 1. The maximum atomic E-state index is 13.5.